The Morgan fingerprint density at radius 1 is 1.18 bits per heavy atom. The van der Waals surface area contributed by atoms with Crippen molar-refractivity contribution in [3.05, 3.63) is 94.3 Å². The molecular weight excluding hydrogens is 451 g/mol. The molecule has 0 spiro atoms. The molecule has 1 saturated carbocycles. The molecule has 2 unspecified atom stereocenters. The van der Waals surface area contributed by atoms with Crippen molar-refractivity contribution in [1.29, 1.82) is 5.26 Å². The number of rotatable bonds is 3. The van der Waals surface area contributed by atoms with Crippen LogP contribution < -0.4 is 4.74 Å². The monoisotopic (exact) mass is 466 g/mol. The first-order chi connectivity index (χ1) is 15.7. The lowest BCUT2D eigenvalue weighted by atomic mass is 9.71. The van der Waals surface area contributed by atoms with Crippen molar-refractivity contribution >= 4 is 17.6 Å². The van der Waals surface area contributed by atoms with Crippen molar-refractivity contribution in [1.82, 2.24) is 4.98 Å². The third-order valence-electron chi connectivity index (χ3n) is 6.54. The number of nitriles is 1. The first-order valence-corrected chi connectivity index (χ1v) is 10.3. The zero-order valence-corrected chi connectivity index (χ0v) is 17.6. The number of pyridine rings is 1. The summed E-state index contributed by atoms with van der Waals surface area (Å²) in [7, 11) is 0. The van der Waals surface area contributed by atoms with Crippen LogP contribution in [0.5, 0.6) is 5.75 Å². The standard InChI is InChI=1S/C24H16ClFN2O5/c25-16-10-17-19(28-12-16)23(32)20(29)22(26,21(30)31)18(14-4-2-1-3-5-14)24(23,33-17)15-8-6-13(11-27)7-9-15/h1-10,12,18,20,29,32H,(H,30,31)/t18-,20-,22?,23?,24+/m1/s1. The summed E-state index contributed by atoms with van der Waals surface area (Å²) in [5.74, 6) is -3.68. The van der Waals surface area contributed by atoms with E-state index < -0.39 is 34.9 Å². The van der Waals surface area contributed by atoms with Crippen LogP contribution in [0.1, 0.15) is 28.3 Å². The van der Waals surface area contributed by atoms with Gasteiger partial charge in [0.05, 0.1) is 22.6 Å². The minimum absolute atomic E-state index is 0.0122. The fourth-order valence-electron chi connectivity index (χ4n) is 5.18. The Balaban J connectivity index is 1.91. The lowest BCUT2D eigenvalue weighted by Gasteiger charge is -2.40. The average molecular weight is 467 g/mol. The number of aliphatic hydroxyl groups excluding tert-OH is 1. The Morgan fingerprint density at radius 3 is 2.45 bits per heavy atom. The van der Waals surface area contributed by atoms with Gasteiger partial charge in [-0.2, -0.15) is 5.26 Å². The van der Waals surface area contributed by atoms with E-state index in [1.165, 1.54) is 48.7 Å². The van der Waals surface area contributed by atoms with E-state index in [2.05, 4.69) is 4.98 Å². The molecule has 9 heteroatoms. The zero-order chi connectivity index (χ0) is 23.6. The van der Waals surface area contributed by atoms with Crippen LogP contribution >= 0.6 is 11.6 Å². The molecule has 0 bridgehead atoms. The van der Waals surface area contributed by atoms with Gasteiger partial charge in [0.1, 0.15) is 17.5 Å². The second-order valence-corrected chi connectivity index (χ2v) is 8.55. The number of hydrogen-bond donors (Lipinski definition) is 3. The van der Waals surface area contributed by atoms with Gasteiger partial charge < -0.3 is 20.1 Å². The summed E-state index contributed by atoms with van der Waals surface area (Å²) >= 11 is 6.06. The Morgan fingerprint density at radius 2 is 1.85 bits per heavy atom. The number of carboxylic acid groups (broad SMARTS) is 1. The number of nitrogens with zero attached hydrogens (tertiary/aromatic N) is 2. The van der Waals surface area contributed by atoms with E-state index >= 15 is 4.39 Å². The van der Waals surface area contributed by atoms with Crippen LogP contribution in [-0.4, -0.2) is 38.0 Å². The summed E-state index contributed by atoms with van der Waals surface area (Å²) in [5.41, 5.74) is -7.71. The molecule has 33 heavy (non-hydrogen) atoms. The molecule has 1 aromatic heterocycles. The number of aliphatic carboxylic acids is 1. The van der Waals surface area contributed by atoms with E-state index in [4.69, 9.17) is 16.3 Å². The second-order valence-electron chi connectivity index (χ2n) is 8.11. The largest absolute Gasteiger partial charge is 0.479 e. The quantitative estimate of drug-likeness (QED) is 0.542. The molecule has 1 fully saturated rings. The molecule has 1 aliphatic heterocycles. The third kappa shape index (κ3) is 2.50. The molecule has 0 radical (unpaired) electrons. The van der Waals surface area contributed by atoms with E-state index in [0.717, 1.165) is 0 Å². The van der Waals surface area contributed by atoms with Crippen LogP contribution in [-0.2, 0) is 16.0 Å². The van der Waals surface area contributed by atoms with Crippen molar-refractivity contribution in [3.63, 3.8) is 0 Å². The Bertz CT molecular complexity index is 1310. The highest BCUT2D eigenvalue weighted by Gasteiger charge is 2.85. The Hall–Kier alpha value is -3.51. The Labute approximate surface area is 192 Å². The summed E-state index contributed by atoms with van der Waals surface area (Å²) < 4.78 is 22.8. The molecule has 3 N–H and O–H groups in total. The Kier molecular flexibility index (Phi) is 4.52. The molecule has 2 heterocycles. The summed E-state index contributed by atoms with van der Waals surface area (Å²) in [6.07, 6.45) is -1.27. The van der Waals surface area contributed by atoms with Crippen LogP contribution in [0.15, 0.2) is 66.9 Å². The fourth-order valence-corrected chi connectivity index (χ4v) is 5.33. The number of carbonyl (C=O) groups is 1. The molecule has 0 amide bonds. The van der Waals surface area contributed by atoms with E-state index in [-0.39, 0.29) is 33.2 Å². The number of aliphatic hydroxyl groups is 2. The number of alkyl halides is 1. The maximum atomic E-state index is 16.6. The second kappa shape index (κ2) is 6.99. The number of hydrogen-bond acceptors (Lipinski definition) is 6. The maximum absolute atomic E-state index is 16.6. The van der Waals surface area contributed by atoms with Gasteiger partial charge in [-0.05, 0) is 23.3 Å². The molecule has 7 nitrogen and oxygen atoms in total. The van der Waals surface area contributed by atoms with E-state index in [1.807, 2.05) is 6.07 Å². The van der Waals surface area contributed by atoms with Crippen LogP contribution in [0.25, 0.3) is 0 Å². The number of carboxylic acids is 1. The minimum atomic E-state index is -3.36. The maximum Gasteiger partial charge on any atom is 0.345 e. The topological polar surface area (TPSA) is 124 Å². The van der Waals surface area contributed by atoms with Crippen LogP contribution in [0, 0.1) is 11.3 Å². The number of aromatic nitrogens is 1. The van der Waals surface area contributed by atoms with Gasteiger partial charge in [0, 0.05) is 12.3 Å². The van der Waals surface area contributed by atoms with Gasteiger partial charge in [0.2, 0.25) is 5.67 Å². The predicted molar refractivity (Wildman–Crippen MR) is 113 cm³/mol. The van der Waals surface area contributed by atoms with Crippen LogP contribution in [0.2, 0.25) is 5.02 Å². The number of benzene rings is 2. The third-order valence-corrected chi connectivity index (χ3v) is 6.75. The number of fused-ring (bicyclic) bond motifs is 3. The van der Waals surface area contributed by atoms with Crippen molar-refractivity contribution in [2.75, 3.05) is 0 Å². The minimum Gasteiger partial charge on any atom is -0.479 e. The molecule has 3 aromatic rings. The fraction of sp³-hybridized carbons (Fsp3) is 0.208. The lowest BCUT2D eigenvalue weighted by Crippen LogP contribution is -2.53. The SMILES string of the molecule is N#Cc1ccc([C@@]23Oc4cc(Cl)cnc4C2(O)[C@H](O)C(F)(C(=O)O)[C@H]3c2ccccc2)cc1. The highest BCUT2D eigenvalue weighted by Crippen LogP contribution is 2.70. The van der Waals surface area contributed by atoms with Crippen molar-refractivity contribution in [2.24, 2.45) is 0 Å². The highest BCUT2D eigenvalue weighted by molar-refractivity contribution is 6.30. The molecule has 2 aliphatic rings. The molecule has 5 rings (SSSR count). The van der Waals surface area contributed by atoms with E-state index in [0.29, 0.717) is 0 Å². The highest BCUT2D eigenvalue weighted by atomic mass is 35.5. The van der Waals surface area contributed by atoms with Gasteiger partial charge >= 0.3 is 5.97 Å². The van der Waals surface area contributed by atoms with Crippen LogP contribution in [0.4, 0.5) is 4.39 Å². The average Bonchev–Trinajstić information content (AvgIpc) is 3.16. The van der Waals surface area contributed by atoms with Gasteiger partial charge in [-0.25, -0.2) is 9.18 Å². The number of ether oxygens (including phenoxy) is 1. The molecule has 166 valence electrons. The van der Waals surface area contributed by atoms with Gasteiger partial charge in [-0.1, -0.05) is 54.1 Å². The van der Waals surface area contributed by atoms with E-state index in [9.17, 15) is 25.4 Å². The van der Waals surface area contributed by atoms with Gasteiger partial charge in [-0.3, -0.25) is 4.98 Å². The lowest BCUT2D eigenvalue weighted by molar-refractivity contribution is -0.174. The number of halogens is 2. The molecule has 2 aromatic carbocycles. The van der Waals surface area contributed by atoms with Crippen LogP contribution in [0.3, 0.4) is 0 Å². The summed E-state index contributed by atoms with van der Waals surface area (Å²) in [4.78, 5) is 16.4. The predicted octanol–water partition coefficient (Wildman–Crippen LogP) is 3.03. The summed E-state index contributed by atoms with van der Waals surface area (Å²) in [6, 6.07) is 16.9. The van der Waals surface area contributed by atoms with Crippen molar-refractivity contribution in [3.8, 4) is 11.8 Å². The smallest absolute Gasteiger partial charge is 0.345 e. The van der Waals surface area contributed by atoms with Gasteiger partial charge in [0.15, 0.2) is 11.2 Å². The summed E-state index contributed by atoms with van der Waals surface area (Å²) in [6.45, 7) is 0. The van der Waals surface area contributed by atoms with Crippen molar-refractivity contribution < 1.29 is 29.2 Å². The van der Waals surface area contributed by atoms with Gasteiger partial charge in [0.25, 0.3) is 0 Å². The first-order valence-electron chi connectivity index (χ1n) is 9.94. The van der Waals surface area contributed by atoms with Gasteiger partial charge in [-0.15, -0.1) is 0 Å². The molecule has 0 saturated heterocycles. The van der Waals surface area contributed by atoms with Crippen molar-refractivity contribution in [2.45, 2.75) is 28.9 Å². The van der Waals surface area contributed by atoms with E-state index in [1.54, 1.807) is 18.2 Å². The molecule has 5 atom stereocenters. The summed E-state index contributed by atoms with van der Waals surface area (Å²) in [5, 5.41) is 42.6. The first kappa shape index (κ1) is 21.3. The normalized spacial score (nSPS) is 31.8. The molecular formula is C24H16ClFN2O5. The zero-order valence-electron chi connectivity index (χ0n) is 16.8. The molecule has 1 aliphatic carbocycles.